The molecule has 6 heteroatoms. The maximum atomic E-state index is 9.57. The van der Waals surface area contributed by atoms with Crippen molar-refractivity contribution in [2.75, 3.05) is 0 Å². The fraction of sp³-hybridized carbons (Fsp3) is 0.556. The molecule has 6 nitrogen and oxygen atoms in total. The van der Waals surface area contributed by atoms with E-state index in [0.29, 0.717) is 5.69 Å². The van der Waals surface area contributed by atoms with E-state index in [0.717, 1.165) is 0 Å². The Balaban J connectivity index is 2.73. The Hall–Kier alpha value is -1.08. The second-order valence-corrected chi connectivity index (χ2v) is 3.33. The highest BCUT2D eigenvalue weighted by Gasteiger charge is 2.29. The summed E-state index contributed by atoms with van der Waals surface area (Å²) in [5.41, 5.74) is 0.477. The average Bonchev–Trinajstić information content (AvgIpc) is 2.27. The van der Waals surface area contributed by atoms with Crippen LogP contribution in [0.5, 0.6) is 0 Å². The Morgan fingerprint density at radius 2 is 1.80 bits per heavy atom. The predicted molar refractivity (Wildman–Crippen MR) is 50.7 cm³/mol. The monoisotopic (exact) mass is 214 g/mol. The molecule has 3 unspecified atom stereocenters. The molecule has 0 radical (unpaired) electrons. The van der Waals surface area contributed by atoms with Gasteiger partial charge in [-0.3, -0.25) is 0 Å². The number of aliphatic hydroxyl groups excluding tert-OH is 3. The molecule has 0 fully saturated rings. The van der Waals surface area contributed by atoms with Gasteiger partial charge in [-0.05, 0) is 12.1 Å². The summed E-state index contributed by atoms with van der Waals surface area (Å²) >= 11 is 0. The van der Waals surface area contributed by atoms with Gasteiger partial charge in [0.2, 0.25) is 0 Å². The summed E-state index contributed by atoms with van der Waals surface area (Å²) in [6.45, 7) is 1.61. The Morgan fingerprint density at radius 1 is 1.13 bits per heavy atom. The molecule has 84 valence electrons. The molecule has 3 atom stereocenters. The molecule has 1 rings (SSSR count). The van der Waals surface area contributed by atoms with Crippen LogP contribution >= 0.6 is 0 Å². The molecule has 15 heavy (non-hydrogen) atoms. The Labute approximate surface area is 86.8 Å². The number of aliphatic hydroxyl groups is 4. The summed E-state index contributed by atoms with van der Waals surface area (Å²) < 4.78 is 0. The molecule has 0 aromatic carbocycles. The summed E-state index contributed by atoms with van der Waals surface area (Å²) in [7, 11) is 0. The molecule has 1 aromatic heterocycles. The van der Waals surface area contributed by atoms with Crippen LogP contribution in [0, 0.1) is 0 Å². The number of rotatable bonds is 4. The molecule has 0 aliphatic carbocycles. The van der Waals surface area contributed by atoms with E-state index in [1.807, 2.05) is 0 Å². The van der Waals surface area contributed by atoms with Crippen LogP contribution < -0.4 is 0 Å². The third-order valence-electron chi connectivity index (χ3n) is 2.23. The van der Waals surface area contributed by atoms with Gasteiger partial charge in [-0.1, -0.05) is 6.92 Å². The zero-order valence-electron chi connectivity index (χ0n) is 8.22. The molecule has 1 heterocycles. The van der Waals surface area contributed by atoms with Crippen LogP contribution in [-0.4, -0.2) is 49.1 Å². The summed E-state index contributed by atoms with van der Waals surface area (Å²) in [5.74, 6) is -0.532. The Bertz CT molecular complexity index is 293. The maximum absolute atomic E-state index is 9.57. The van der Waals surface area contributed by atoms with E-state index >= 15 is 0 Å². The van der Waals surface area contributed by atoms with Crippen LogP contribution in [0.2, 0.25) is 0 Å². The van der Waals surface area contributed by atoms with Crippen molar-refractivity contribution in [3.63, 3.8) is 0 Å². The molecule has 0 saturated carbocycles. The van der Waals surface area contributed by atoms with Crippen molar-refractivity contribution in [2.24, 2.45) is 0 Å². The molecular weight excluding hydrogens is 200 g/mol. The van der Waals surface area contributed by atoms with Gasteiger partial charge in [-0.2, -0.15) is 10.2 Å². The highest BCUT2D eigenvalue weighted by atomic mass is 16.5. The first-order valence-corrected chi connectivity index (χ1v) is 4.54. The van der Waals surface area contributed by atoms with Crippen LogP contribution in [0.15, 0.2) is 18.3 Å². The normalized spacial score (nSPS) is 17.5. The second kappa shape index (κ2) is 5.13. The molecule has 0 aliphatic rings. The third-order valence-corrected chi connectivity index (χ3v) is 2.23. The standard InChI is InChI=1S/C9H14N2O4/c1-5(6-3-2-4-10-11-6)7(12)8(13)9(14)15/h2-5,7-9,12-15H,1H3. The van der Waals surface area contributed by atoms with Gasteiger partial charge in [0.1, 0.15) is 6.10 Å². The predicted octanol–water partition coefficient (Wildman–Crippen LogP) is -1.39. The zero-order chi connectivity index (χ0) is 11.4. The van der Waals surface area contributed by atoms with Crippen molar-refractivity contribution in [2.45, 2.75) is 31.3 Å². The second-order valence-electron chi connectivity index (χ2n) is 3.33. The Morgan fingerprint density at radius 3 is 2.27 bits per heavy atom. The first-order valence-electron chi connectivity index (χ1n) is 4.54. The molecule has 0 spiro atoms. The Kier molecular flexibility index (Phi) is 4.10. The lowest BCUT2D eigenvalue weighted by Gasteiger charge is -2.24. The van der Waals surface area contributed by atoms with Gasteiger partial charge < -0.3 is 20.4 Å². The van der Waals surface area contributed by atoms with Gasteiger partial charge in [0, 0.05) is 12.1 Å². The fourth-order valence-electron chi connectivity index (χ4n) is 1.20. The minimum atomic E-state index is -1.97. The van der Waals surface area contributed by atoms with Gasteiger partial charge in [-0.25, -0.2) is 0 Å². The van der Waals surface area contributed by atoms with Crippen LogP contribution in [0.25, 0.3) is 0 Å². The molecule has 0 saturated heterocycles. The van der Waals surface area contributed by atoms with Crippen molar-refractivity contribution in [3.8, 4) is 0 Å². The van der Waals surface area contributed by atoms with Gasteiger partial charge in [0.15, 0.2) is 6.29 Å². The molecule has 1 aromatic rings. The maximum Gasteiger partial charge on any atom is 0.180 e. The largest absolute Gasteiger partial charge is 0.390 e. The van der Waals surface area contributed by atoms with Gasteiger partial charge in [0.05, 0.1) is 11.8 Å². The average molecular weight is 214 g/mol. The van der Waals surface area contributed by atoms with Crippen LogP contribution in [0.4, 0.5) is 0 Å². The van der Waals surface area contributed by atoms with Crippen molar-refractivity contribution in [3.05, 3.63) is 24.0 Å². The zero-order valence-corrected chi connectivity index (χ0v) is 8.22. The summed E-state index contributed by atoms with van der Waals surface area (Å²) in [6, 6.07) is 3.28. The summed E-state index contributed by atoms with van der Waals surface area (Å²) in [5, 5.41) is 43.6. The van der Waals surface area contributed by atoms with Crippen molar-refractivity contribution in [1.82, 2.24) is 10.2 Å². The summed E-state index contributed by atoms with van der Waals surface area (Å²) in [6.07, 6.45) is -3.41. The van der Waals surface area contributed by atoms with E-state index in [1.165, 1.54) is 6.20 Å². The van der Waals surface area contributed by atoms with E-state index in [4.69, 9.17) is 10.2 Å². The lowest BCUT2D eigenvalue weighted by Crippen LogP contribution is -2.40. The quantitative estimate of drug-likeness (QED) is 0.460. The molecule has 0 amide bonds. The highest BCUT2D eigenvalue weighted by Crippen LogP contribution is 2.19. The van der Waals surface area contributed by atoms with E-state index in [9.17, 15) is 10.2 Å². The first kappa shape index (κ1) is 12.0. The highest BCUT2D eigenvalue weighted by molar-refractivity contribution is 5.08. The molecule has 0 aliphatic heterocycles. The smallest absolute Gasteiger partial charge is 0.180 e. The third kappa shape index (κ3) is 2.93. The lowest BCUT2D eigenvalue weighted by atomic mass is 9.96. The SMILES string of the molecule is CC(c1cccnn1)C(O)C(O)C(O)O. The van der Waals surface area contributed by atoms with E-state index in [1.54, 1.807) is 19.1 Å². The van der Waals surface area contributed by atoms with Crippen LogP contribution in [0.3, 0.4) is 0 Å². The van der Waals surface area contributed by atoms with Gasteiger partial charge in [0.25, 0.3) is 0 Å². The summed E-state index contributed by atoms with van der Waals surface area (Å²) in [4.78, 5) is 0. The molecule has 4 N–H and O–H groups in total. The number of nitrogens with zero attached hydrogens (tertiary/aromatic N) is 2. The first-order chi connectivity index (χ1) is 7.04. The topological polar surface area (TPSA) is 107 Å². The fourth-order valence-corrected chi connectivity index (χ4v) is 1.20. The minimum absolute atomic E-state index is 0.477. The van der Waals surface area contributed by atoms with Gasteiger partial charge >= 0.3 is 0 Å². The molecular formula is C9H14N2O4. The lowest BCUT2D eigenvalue weighted by molar-refractivity contribution is -0.161. The van der Waals surface area contributed by atoms with Gasteiger partial charge in [-0.15, -0.1) is 0 Å². The van der Waals surface area contributed by atoms with Crippen LogP contribution in [0.1, 0.15) is 18.5 Å². The van der Waals surface area contributed by atoms with Crippen molar-refractivity contribution >= 4 is 0 Å². The van der Waals surface area contributed by atoms with Crippen molar-refractivity contribution in [1.29, 1.82) is 0 Å². The number of hydrogen-bond donors (Lipinski definition) is 4. The van der Waals surface area contributed by atoms with E-state index in [-0.39, 0.29) is 0 Å². The van der Waals surface area contributed by atoms with Crippen molar-refractivity contribution < 1.29 is 20.4 Å². The van der Waals surface area contributed by atoms with E-state index in [2.05, 4.69) is 10.2 Å². The minimum Gasteiger partial charge on any atom is -0.390 e. The van der Waals surface area contributed by atoms with Crippen LogP contribution in [-0.2, 0) is 0 Å². The molecule has 0 bridgehead atoms. The number of aromatic nitrogens is 2. The number of hydrogen-bond acceptors (Lipinski definition) is 6. The van der Waals surface area contributed by atoms with E-state index < -0.39 is 24.4 Å².